The minimum Gasteiger partial charge on any atom is -0.369 e. The van der Waals surface area contributed by atoms with Gasteiger partial charge in [-0.2, -0.15) is 16.8 Å². The number of piperazine rings is 1. The average Bonchev–Trinajstić information content (AvgIpc) is 3.67. The first-order chi connectivity index (χ1) is 19.0. The molecule has 1 saturated heterocycles. The summed E-state index contributed by atoms with van der Waals surface area (Å²) in [6.45, 7) is 5.82. The van der Waals surface area contributed by atoms with E-state index in [2.05, 4.69) is 27.1 Å². The number of hydrogen-bond donors (Lipinski definition) is 3. The number of benzene rings is 2. The van der Waals surface area contributed by atoms with Gasteiger partial charge >= 0.3 is 0 Å². The molecular weight excluding hydrogens is 574 g/mol. The van der Waals surface area contributed by atoms with Crippen LogP contribution in [0.3, 0.4) is 0 Å². The van der Waals surface area contributed by atoms with Gasteiger partial charge in [-0.1, -0.05) is 6.07 Å². The van der Waals surface area contributed by atoms with Crippen LogP contribution in [0, 0.1) is 6.92 Å². The van der Waals surface area contributed by atoms with Crippen LogP contribution >= 0.6 is 0 Å². The molecule has 2 aromatic carbocycles. The number of aromatic nitrogens is 2. The number of nitrogens with zero attached hydrogens (tertiary/aromatic N) is 4. The van der Waals surface area contributed by atoms with E-state index in [0.717, 1.165) is 50.3 Å². The summed E-state index contributed by atoms with van der Waals surface area (Å²) in [5, 5.41) is 3.60. The number of rotatable bonds is 4. The number of fused-ring (bicyclic) bond motifs is 1. The first-order valence-corrected chi connectivity index (χ1v) is 16.4. The van der Waals surface area contributed by atoms with Crippen molar-refractivity contribution < 1.29 is 30.7 Å². The van der Waals surface area contributed by atoms with Crippen LogP contribution in [-0.2, 0) is 20.2 Å². The summed E-state index contributed by atoms with van der Waals surface area (Å²) in [7, 11) is -5.21. The molecule has 2 heterocycles. The SMILES string of the molecule is CS(=O)(=O)O.CS(=O)(=O)O.Cc1ccc(C(=O)NC2CC2)cc1-n1cnc2ccc(N3CCN(C)CC3)cc2c1=O. The predicted octanol–water partition coefficient (Wildman–Crippen LogP) is 1.35. The fraction of sp³-hybridized carbons (Fsp3) is 0.423. The molecule has 1 aromatic heterocycles. The molecule has 1 amide bonds. The lowest BCUT2D eigenvalue weighted by Gasteiger charge is -2.34. The van der Waals surface area contributed by atoms with E-state index in [-0.39, 0.29) is 17.5 Å². The summed E-state index contributed by atoms with van der Waals surface area (Å²) >= 11 is 0. The second kappa shape index (κ2) is 13.1. The maximum Gasteiger partial charge on any atom is 0.265 e. The van der Waals surface area contributed by atoms with Crippen LogP contribution in [0.1, 0.15) is 28.8 Å². The van der Waals surface area contributed by atoms with E-state index in [1.807, 2.05) is 37.3 Å². The molecule has 1 aliphatic heterocycles. The minimum absolute atomic E-state index is 0.0945. The molecule has 15 heteroatoms. The molecule has 0 unspecified atom stereocenters. The topological polar surface area (TPSA) is 179 Å². The molecule has 3 aromatic rings. The van der Waals surface area contributed by atoms with Gasteiger partial charge in [-0.25, -0.2) is 4.98 Å². The largest absolute Gasteiger partial charge is 0.369 e. The van der Waals surface area contributed by atoms with Crippen molar-refractivity contribution >= 4 is 42.7 Å². The van der Waals surface area contributed by atoms with Gasteiger partial charge in [0.25, 0.3) is 31.7 Å². The molecule has 0 bridgehead atoms. The van der Waals surface area contributed by atoms with E-state index in [0.29, 0.717) is 34.7 Å². The summed E-state index contributed by atoms with van der Waals surface area (Å²) in [5.74, 6) is -0.0945. The number of nitrogens with one attached hydrogen (secondary N) is 1. The van der Waals surface area contributed by atoms with Gasteiger partial charge in [0.15, 0.2) is 0 Å². The van der Waals surface area contributed by atoms with E-state index in [9.17, 15) is 26.4 Å². The Bertz CT molecular complexity index is 1630. The Morgan fingerprint density at radius 1 is 0.951 bits per heavy atom. The maximum atomic E-state index is 13.4. The highest BCUT2D eigenvalue weighted by molar-refractivity contribution is 7.85. The molecule has 41 heavy (non-hydrogen) atoms. The lowest BCUT2D eigenvalue weighted by atomic mass is 10.1. The van der Waals surface area contributed by atoms with Crippen LogP contribution in [0.5, 0.6) is 0 Å². The quantitative estimate of drug-likeness (QED) is 0.364. The van der Waals surface area contributed by atoms with Gasteiger partial charge in [-0.15, -0.1) is 0 Å². The van der Waals surface area contributed by atoms with Crippen LogP contribution in [0.15, 0.2) is 47.5 Å². The van der Waals surface area contributed by atoms with Crippen molar-refractivity contribution in [2.45, 2.75) is 25.8 Å². The molecular formula is C26H35N5O8S2. The van der Waals surface area contributed by atoms with Crippen molar-refractivity contribution in [3.8, 4) is 5.69 Å². The minimum atomic E-state index is -3.67. The van der Waals surface area contributed by atoms with Crippen LogP contribution in [0.2, 0.25) is 0 Å². The Kier molecular flexibility index (Phi) is 10.3. The van der Waals surface area contributed by atoms with Gasteiger partial charge in [0.2, 0.25) is 0 Å². The zero-order valence-electron chi connectivity index (χ0n) is 23.3. The molecule has 5 rings (SSSR count). The maximum absolute atomic E-state index is 13.4. The van der Waals surface area contributed by atoms with E-state index in [1.54, 1.807) is 17.0 Å². The van der Waals surface area contributed by atoms with Crippen molar-refractivity contribution in [1.82, 2.24) is 19.8 Å². The molecule has 224 valence electrons. The van der Waals surface area contributed by atoms with Crippen LogP contribution in [-0.4, -0.2) is 98.1 Å². The van der Waals surface area contributed by atoms with Crippen molar-refractivity contribution in [1.29, 1.82) is 0 Å². The second-order valence-electron chi connectivity index (χ2n) is 10.1. The normalized spacial score (nSPS) is 15.8. The van der Waals surface area contributed by atoms with Crippen molar-refractivity contribution in [2.24, 2.45) is 0 Å². The third-order valence-electron chi connectivity index (χ3n) is 6.25. The Labute approximate surface area is 239 Å². The van der Waals surface area contributed by atoms with Crippen LogP contribution in [0.4, 0.5) is 5.69 Å². The number of anilines is 1. The van der Waals surface area contributed by atoms with E-state index in [4.69, 9.17) is 9.11 Å². The third kappa shape index (κ3) is 10.5. The highest BCUT2D eigenvalue weighted by atomic mass is 32.2. The fourth-order valence-corrected chi connectivity index (χ4v) is 4.05. The lowest BCUT2D eigenvalue weighted by molar-refractivity contribution is 0.0951. The van der Waals surface area contributed by atoms with Gasteiger partial charge in [-0.3, -0.25) is 23.3 Å². The Balaban J connectivity index is 0.000000400. The van der Waals surface area contributed by atoms with E-state index >= 15 is 0 Å². The highest BCUT2D eigenvalue weighted by Gasteiger charge is 2.24. The molecule has 0 radical (unpaired) electrons. The summed E-state index contributed by atoms with van der Waals surface area (Å²) in [6, 6.07) is 11.7. The summed E-state index contributed by atoms with van der Waals surface area (Å²) in [4.78, 5) is 35.1. The molecule has 13 nitrogen and oxygen atoms in total. The first-order valence-electron chi connectivity index (χ1n) is 12.7. The zero-order chi connectivity index (χ0) is 30.5. The summed E-state index contributed by atoms with van der Waals surface area (Å²) in [6.07, 6.45) is 5.06. The molecule has 1 aliphatic carbocycles. The van der Waals surface area contributed by atoms with Crippen molar-refractivity contribution in [3.05, 3.63) is 64.2 Å². The van der Waals surface area contributed by atoms with Gasteiger partial charge in [0, 0.05) is 43.5 Å². The third-order valence-corrected chi connectivity index (χ3v) is 6.25. The van der Waals surface area contributed by atoms with Gasteiger partial charge in [0.1, 0.15) is 6.33 Å². The summed E-state index contributed by atoms with van der Waals surface area (Å²) in [5.41, 5.74) is 3.77. The Morgan fingerprint density at radius 2 is 1.54 bits per heavy atom. The number of amides is 1. The summed E-state index contributed by atoms with van der Waals surface area (Å²) < 4.78 is 53.3. The van der Waals surface area contributed by atoms with Crippen molar-refractivity contribution in [3.63, 3.8) is 0 Å². The first kappa shape index (κ1) is 32.1. The van der Waals surface area contributed by atoms with Gasteiger partial charge < -0.3 is 15.1 Å². The molecule has 0 spiro atoms. The predicted molar refractivity (Wildman–Crippen MR) is 157 cm³/mol. The number of carbonyl (C=O) groups is 1. The highest BCUT2D eigenvalue weighted by Crippen LogP contribution is 2.23. The Morgan fingerprint density at radius 3 is 2.10 bits per heavy atom. The van der Waals surface area contributed by atoms with Gasteiger partial charge in [-0.05, 0) is 62.7 Å². The molecule has 1 saturated carbocycles. The van der Waals surface area contributed by atoms with Crippen molar-refractivity contribution in [2.75, 3.05) is 50.6 Å². The fourth-order valence-electron chi connectivity index (χ4n) is 4.05. The van der Waals surface area contributed by atoms with E-state index in [1.165, 1.54) is 0 Å². The Hall–Kier alpha value is -3.37. The van der Waals surface area contributed by atoms with Crippen LogP contribution in [0.25, 0.3) is 16.6 Å². The monoisotopic (exact) mass is 609 g/mol. The number of carbonyl (C=O) groups excluding carboxylic acids is 1. The number of hydrogen-bond acceptors (Lipinski definition) is 9. The standard InChI is InChI=1S/C24H27N5O2.2CH4O3S/c1-16-3-4-17(23(30)26-18-5-6-18)13-22(16)29-15-25-21-8-7-19(14-20(21)24(29)31)28-11-9-27(2)10-12-28;2*1-5(2,3)4/h3-4,7-8,13-15,18H,5-6,9-12H2,1-2H3,(H,26,30);2*1H3,(H,2,3,4). The molecule has 2 aliphatic rings. The zero-order valence-corrected chi connectivity index (χ0v) is 24.9. The van der Waals surface area contributed by atoms with E-state index < -0.39 is 20.2 Å². The average molecular weight is 610 g/mol. The molecule has 3 N–H and O–H groups in total. The molecule has 0 atom stereocenters. The van der Waals surface area contributed by atoms with Crippen LogP contribution < -0.4 is 15.8 Å². The second-order valence-corrected chi connectivity index (χ2v) is 13.1. The molecule has 2 fully saturated rings. The number of aryl methyl sites for hydroxylation is 1. The number of likely N-dealkylation sites (N-methyl/N-ethyl adjacent to an activating group) is 1. The smallest absolute Gasteiger partial charge is 0.265 e. The van der Waals surface area contributed by atoms with Gasteiger partial charge in [0.05, 0.1) is 29.1 Å². The lowest BCUT2D eigenvalue weighted by Crippen LogP contribution is -2.44.